The van der Waals surface area contributed by atoms with Gasteiger partial charge in [-0.15, -0.1) is 0 Å². The molecule has 0 radical (unpaired) electrons. The number of halogens is 1. The highest BCUT2D eigenvalue weighted by Crippen LogP contribution is 2.34. The van der Waals surface area contributed by atoms with Crippen LogP contribution < -0.4 is 9.47 Å². The van der Waals surface area contributed by atoms with Gasteiger partial charge in [0.05, 0.1) is 36.6 Å². The number of fused-ring (bicyclic) bond motifs is 1. The second-order valence-corrected chi connectivity index (χ2v) is 6.82. The van der Waals surface area contributed by atoms with E-state index in [0.717, 1.165) is 6.42 Å². The molecule has 2 saturated heterocycles. The highest BCUT2D eigenvalue weighted by atomic mass is 35.5. The maximum absolute atomic E-state index is 12.5. The Balaban J connectivity index is 1.29. The van der Waals surface area contributed by atoms with Crippen LogP contribution in [-0.2, 0) is 4.74 Å². The SMILES string of the molecule is COc1cc(C(=O)N2C[C@@H]3C[C@@H](COc4cncc(Cl)c4)O[C@@H]3C2)on1. The van der Waals surface area contributed by atoms with Crippen LogP contribution >= 0.6 is 11.6 Å². The molecule has 0 aliphatic carbocycles. The first-order valence-corrected chi connectivity index (χ1v) is 8.69. The molecular formula is C17H18ClN3O5. The van der Waals surface area contributed by atoms with Gasteiger partial charge in [-0.2, -0.15) is 0 Å². The van der Waals surface area contributed by atoms with Crippen LogP contribution in [0.2, 0.25) is 5.02 Å². The van der Waals surface area contributed by atoms with Gasteiger partial charge in [0.2, 0.25) is 5.76 Å². The molecule has 2 aromatic heterocycles. The van der Waals surface area contributed by atoms with Crippen molar-refractivity contribution in [2.45, 2.75) is 18.6 Å². The second kappa shape index (κ2) is 7.13. The van der Waals surface area contributed by atoms with Gasteiger partial charge in [-0.25, -0.2) is 0 Å². The van der Waals surface area contributed by atoms with E-state index in [1.165, 1.54) is 13.2 Å². The van der Waals surface area contributed by atoms with Gasteiger partial charge in [0.15, 0.2) is 0 Å². The summed E-state index contributed by atoms with van der Waals surface area (Å²) in [7, 11) is 1.47. The van der Waals surface area contributed by atoms with E-state index in [-0.39, 0.29) is 35.7 Å². The lowest BCUT2D eigenvalue weighted by molar-refractivity contribution is 0.0127. The summed E-state index contributed by atoms with van der Waals surface area (Å²) in [5, 5.41) is 4.20. The summed E-state index contributed by atoms with van der Waals surface area (Å²) in [6.45, 7) is 1.59. The number of rotatable bonds is 5. The van der Waals surface area contributed by atoms with Crippen molar-refractivity contribution in [1.82, 2.24) is 15.0 Å². The molecule has 9 heteroatoms. The molecule has 0 aromatic carbocycles. The maximum atomic E-state index is 12.5. The highest BCUT2D eigenvalue weighted by molar-refractivity contribution is 6.30. The van der Waals surface area contributed by atoms with Gasteiger partial charge in [0.1, 0.15) is 12.4 Å². The molecule has 3 atom stereocenters. The van der Waals surface area contributed by atoms with Crippen LogP contribution in [0, 0.1) is 5.92 Å². The number of pyridine rings is 1. The summed E-state index contributed by atoms with van der Waals surface area (Å²) in [4.78, 5) is 18.2. The summed E-state index contributed by atoms with van der Waals surface area (Å²) in [6.07, 6.45) is 4.01. The van der Waals surface area contributed by atoms with Crippen molar-refractivity contribution in [3.63, 3.8) is 0 Å². The number of methoxy groups -OCH3 is 1. The number of carbonyl (C=O) groups excluding carboxylic acids is 1. The monoisotopic (exact) mass is 379 g/mol. The van der Waals surface area contributed by atoms with Crippen LogP contribution in [0.5, 0.6) is 11.6 Å². The van der Waals surface area contributed by atoms with E-state index in [1.807, 2.05) is 0 Å². The number of nitrogens with zero attached hydrogens (tertiary/aromatic N) is 3. The first kappa shape index (κ1) is 17.1. The topological polar surface area (TPSA) is 86.9 Å². The van der Waals surface area contributed by atoms with E-state index >= 15 is 0 Å². The molecule has 0 spiro atoms. The smallest absolute Gasteiger partial charge is 0.292 e. The zero-order valence-corrected chi connectivity index (χ0v) is 14.9. The van der Waals surface area contributed by atoms with Crippen molar-refractivity contribution < 1.29 is 23.5 Å². The zero-order valence-electron chi connectivity index (χ0n) is 14.1. The minimum atomic E-state index is -0.198. The molecule has 2 aliphatic rings. The van der Waals surface area contributed by atoms with Gasteiger partial charge >= 0.3 is 0 Å². The van der Waals surface area contributed by atoms with Gasteiger partial charge in [0, 0.05) is 31.3 Å². The molecule has 4 heterocycles. The molecule has 8 nitrogen and oxygen atoms in total. The first-order valence-electron chi connectivity index (χ1n) is 8.31. The van der Waals surface area contributed by atoms with E-state index in [1.54, 1.807) is 23.4 Å². The second-order valence-electron chi connectivity index (χ2n) is 6.39. The van der Waals surface area contributed by atoms with Crippen molar-refractivity contribution in [1.29, 1.82) is 0 Å². The molecule has 2 aliphatic heterocycles. The van der Waals surface area contributed by atoms with Crippen LogP contribution in [0.4, 0.5) is 0 Å². The maximum Gasteiger partial charge on any atom is 0.292 e. The predicted molar refractivity (Wildman–Crippen MR) is 90.5 cm³/mol. The molecule has 0 N–H and O–H groups in total. The Morgan fingerprint density at radius 2 is 2.27 bits per heavy atom. The standard InChI is InChI=1S/C17H18ClN3O5/c1-23-16-4-14(26-20-16)17(22)21-7-10-2-13(25-15(10)8-21)9-24-12-3-11(18)5-19-6-12/h3-6,10,13,15H,2,7-9H2,1H3/t10-,13-,15+/m0/s1. The van der Waals surface area contributed by atoms with Crippen LogP contribution in [0.3, 0.4) is 0 Å². The van der Waals surface area contributed by atoms with Crippen molar-refractivity contribution in [2.75, 3.05) is 26.8 Å². The minimum Gasteiger partial charge on any atom is -0.489 e. The van der Waals surface area contributed by atoms with Crippen molar-refractivity contribution in [3.05, 3.63) is 35.3 Å². The molecule has 0 bridgehead atoms. The average molecular weight is 380 g/mol. The van der Waals surface area contributed by atoms with Gasteiger partial charge < -0.3 is 23.6 Å². The Kier molecular flexibility index (Phi) is 4.69. The number of ether oxygens (including phenoxy) is 3. The molecule has 4 rings (SSSR count). The lowest BCUT2D eigenvalue weighted by atomic mass is 10.0. The largest absolute Gasteiger partial charge is 0.489 e. The number of aromatic nitrogens is 2. The van der Waals surface area contributed by atoms with Gasteiger partial charge in [0.25, 0.3) is 11.8 Å². The van der Waals surface area contributed by atoms with E-state index in [2.05, 4.69) is 10.1 Å². The van der Waals surface area contributed by atoms with Crippen LogP contribution in [0.1, 0.15) is 17.0 Å². The molecule has 2 aromatic rings. The van der Waals surface area contributed by atoms with Crippen LogP contribution in [0.15, 0.2) is 29.0 Å². The van der Waals surface area contributed by atoms with Gasteiger partial charge in [-0.3, -0.25) is 9.78 Å². The predicted octanol–water partition coefficient (Wildman–Crippen LogP) is 2.04. The molecule has 2 fully saturated rings. The Hall–Kier alpha value is -2.32. The number of carbonyl (C=O) groups is 1. The molecular weight excluding hydrogens is 362 g/mol. The number of likely N-dealkylation sites (tertiary alicyclic amines) is 1. The number of hydrogen-bond acceptors (Lipinski definition) is 7. The lowest BCUT2D eigenvalue weighted by Gasteiger charge is -2.18. The van der Waals surface area contributed by atoms with E-state index < -0.39 is 0 Å². The fourth-order valence-electron chi connectivity index (χ4n) is 3.41. The lowest BCUT2D eigenvalue weighted by Crippen LogP contribution is -2.32. The third-order valence-corrected chi connectivity index (χ3v) is 4.83. The fraction of sp³-hybridized carbons (Fsp3) is 0.471. The first-order chi connectivity index (χ1) is 12.6. The van der Waals surface area contributed by atoms with E-state index in [9.17, 15) is 4.79 Å². The van der Waals surface area contributed by atoms with Gasteiger partial charge in [-0.1, -0.05) is 11.6 Å². The number of amides is 1. The molecule has 0 saturated carbocycles. The molecule has 138 valence electrons. The highest BCUT2D eigenvalue weighted by Gasteiger charge is 2.44. The summed E-state index contributed by atoms with van der Waals surface area (Å²) >= 11 is 5.89. The van der Waals surface area contributed by atoms with Crippen molar-refractivity contribution in [3.8, 4) is 11.6 Å². The third-order valence-electron chi connectivity index (χ3n) is 4.63. The Bertz CT molecular complexity index is 784. The summed E-state index contributed by atoms with van der Waals surface area (Å²) in [5.74, 6) is 1.17. The van der Waals surface area contributed by atoms with Gasteiger partial charge in [-0.05, 0) is 11.6 Å². The van der Waals surface area contributed by atoms with Crippen molar-refractivity contribution in [2.24, 2.45) is 5.92 Å². The zero-order chi connectivity index (χ0) is 18.1. The van der Waals surface area contributed by atoms with Crippen LogP contribution in [-0.4, -0.2) is 60.0 Å². The summed E-state index contributed by atoms with van der Waals surface area (Å²) < 4.78 is 21.7. The minimum absolute atomic E-state index is 0.00777. The summed E-state index contributed by atoms with van der Waals surface area (Å²) in [5.41, 5.74) is 0. The quantitative estimate of drug-likeness (QED) is 0.785. The Morgan fingerprint density at radius 3 is 3.00 bits per heavy atom. The summed E-state index contributed by atoms with van der Waals surface area (Å²) in [6, 6.07) is 3.21. The fourth-order valence-corrected chi connectivity index (χ4v) is 3.57. The Labute approximate surface area is 155 Å². The molecule has 0 unspecified atom stereocenters. The Morgan fingerprint density at radius 1 is 1.38 bits per heavy atom. The third kappa shape index (κ3) is 3.47. The number of hydrogen-bond donors (Lipinski definition) is 0. The molecule has 1 amide bonds. The van der Waals surface area contributed by atoms with Crippen LogP contribution in [0.25, 0.3) is 0 Å². The van der Waals surface area contributed by atoms with Crippen molar-refractivity contribution >= 4 is 17.5 Å². The van der Waals surface area contributed by atoms with E-state index in [4.69, 9.17) is 30.3 Å². The average Bonchev–Trinajstić information content (AvgIpc) is 3.33. The molecule has 26 heavy (non-hydrogen) atoms. The normalized spacial score (nSPS) is 24.5. The van der Waals surface area contributed by atoms with E-state index in [0.29, 0.717) is 30.5 Å².